The molecule has 0 aliphatic rings. The first kappa shape index (κ1) is 17.9. The number of rotatable bonds is 6. The summed E-state index contributed by atoms with van der Waals surface area (Å²) in [5, 5.41) is 2.88. The molecule has 0 saturated heterocycles. The maximum atomic E-state index is 12.1. The standard InChI is InChI=1S/C14H22N2O2.ClH/c1-14(2,18-3)10-16-13(17)12(9-15)11-7-5-4-6-8-11;/h4-8,12H,9-10,15H2,1-3H3,(H,16,17);1H. The largest absolute Gasteiger partial charge is 0.377 e. The summed E-state index contributed by atoms with van der Waals surface area (Å²) >= 11 is 0. The van der Waals surface area contributed by atoms with Gasteiger partial charge < -0.3 is 15.8 Å². The van der Waals surface area contributed by atoms with Crippen molar-refractivity contribution in [3.05, 3.63) is 35.9 Å². The van der Waals surface area contributed by atoms with E-state index in [1.165, 1.54) is 0 Å². The van der Waals surface area contributed by atoms with Crippen molar-refractivity contribution < 1.29 is 9.53 Å². The zero-order chi connectivity index (χ0) is 13.6. The number of hydrogen-bond donors (Lipinski definition) is 2. The molecule has 0 fully saturated rings. The lowest BCUT2D eigenvalue weighted by Gasteiger charge is -2.24. The van der Waals surface area contributed by atoms with E-state index in [-0.39, 0.29) is 29.8 Å². The number of nitrogens with one attached hydrogen (secondary N) is 1. The van der Waals surface area contributed by atoms with Gasteiger partial charge in [0.1, 0.15) is 0 Å². The minimum Gasteiger partial charge on any atom is -0.377 e. The first-order chi connectivity index (χ1) is 8.50. The summed E-state index contributed by atoms with van der Waals surface area (Å²) in [6, 6.07) is 9.56. The molecule has 0 aliphatic carbocycles. The molecule has 5 heteroatoms. The third-order valence-electron chi connectivity index (χ3n) is 3.00. The number of hydrogen-bond acceptors (Lipinski definition) is 3. The molecule has 0 saturated carbocycles. The summed E-state index contributed by atoms with van der Waals surface area (Å²) in [4.78, 5) is 12.1. The zero-order valence-corrected chi connectivity index (χ0v) is 12.5. The number of carbonyl (C=O) groups is 1. The molecule has 4 nitrogen and oxygen atoms in total. The van der Waals surface area contributed by atoms with E-state index in [4.69, 9.17) is 10.5 Å². The Morgan fingerprint density at radius 3 is 2.42 bits per heavy atom. The Hall–Kier alpha value is -1.10. The molecule has 3 N–H and O–H groups in total. The van der Waals surface area contributed by atoms with E-state index in [1.807, 2.05) is 44.2 Å². The summed E-state index contributed by atoms with van der Waals surface area (Å²) < 4.78 is 5.26. The van der Waals surface area contributed by atoms with Crippen molar-refractivity contribution in [1.29, 1.82) is 0 Å². The van der Waals surface area contributed by atoms with Crippen LogP contribution in [-0.4, -0.2) is 31.7 Å². The van der Waals surface area contributed by atoms with Gasteiger partial charge in [0, 0.05) is 20.2 Å². The number of carbonyl (C=O) groups excluding carboxylic acids is 1. The van der Waals surface area contributed by atoms with Gasteiger partial charge in [-0.15, -0.1) is 12.4 Å². The molecule has 0 heterocycles. The highest BCUT2D eigenvalue weighted by Gasteiger charge is 2.22. The number of amides is 1. The summed E-state index contributed by atoms with van der Waals surface area (Å²) in [6.45, 7) is 4.61. The second kappa shape index (κ2) is 8.15. The number of halogens is 1. The molecule has 0 bridgehead atoms. The van der Waals surface area contributed by atoms with Crippen LogP contribution in [0.15, 0.2) is 30.3 Å². The SMILES string of the molecule is COC(C)(C)CNC(=O)C(CN)c1ccccc1.Cl. The van der Waals surface area contributed by atoms with E-state index in [1.54, 1.807) is 7.11 Å². The van der Waals surface area contributed by atoms with Crippen LogP contribution in [0.25, 0.3) is 0 Å². The van der Waals surface area contributed by atoms with E-state index >= 15 is 0 Å². The minimum absolute atomic E-state index is 0. The maximum absolute atomic E-state index is 12.1. The molecule has 1 amide bonds. The second-order valence-corrected chi connectivity index (χ2v) is 4.88. The van der Waals surface area contributed by atoms with Crippen LogP contribution in [0.4, 0.5) is 0 Å². The van der Waals surface area contributed by atoms with Crippen LogP contribution < -0.4 is 11.1 Å². The Morgan fingerprint density at radius 1 is 1.37 bits per heavy atom. The van der Waals surface area contributed by atoms with Gasteiger partial charge in [-0.25, -0.2) is 0 Å². The summed E-state index contributed by atoms with van der Waals surface area (Å²) in [5.41, 5.74) is 6.25. The normalized spacial score (nSPS) is 12.4. The lowest BCUT2D eigenvalue weighted by molar-refractivity contribution is -0.123. The number of ether oxygens (including phenoxy) is 1. The van der Waals surface area contributed by atoms with Gasteiger partial charge in [-0.2, -0.15) is 0 Å². The van der Waals surface area contributed by atoms with Gasteiger partial charge in [0.05, 0.1) is 11.5 Å². The molecular formula is C14H23ClN2O2. The van der Waals surface area contributed by atoms with Gasteiger partial charge in [0.25, 0.3) is 0 Å². The van der Waals surface area contributed by atoms with E-state index in [2.05, 4.69) is 5.32 Å². The molecule has 1 aromatic carbocycles. The highest BCUT2D eigenvalue weighted by molar-refractivity contribution is 5.85. The lowest BCUT2D eigenvalue weighted by Crippen LogP contribution is -2.42. The molecule has 0 spiro atoms. The van der Waals surface area contributed by atoms with E-state index < -0.39 is 0 Å². The van der Waals surface area contributed by atoms with Gasteiger partial charge in [0.15, 0.2) is 0 Å². The van der Waals surface area contributed by atoms with Crippen LogP contribution in [0.5, 0.6) is 0 Å². The number of benzene rings is 1. The predicted octanol–water partition coefficient (Wildman–Crippen LogP) is 1.69. The molecule has 1 unspecified atom stereocenters. The van der Waals surface area contributed by atoms with Gasteiger partial charge in [-0.1, -0.05) is 30.3 Å². The Bertz CT molecular complexity index is 382. The third-order valence-corrected chi connectivity index (χ3v) is 3.00. The molecule has 108 valence electrons. The van der Waals surface area contributed by atoms with Crippen molar-refractivity contribution in [3.8, 4) is 0 Å². The molecule has 1 aromatic rings. The molecule has 1 rings (SSSR count). The zero-order valence-electron chi connectivity index (χ0n) is 11.7. The van der Waals surface area contributed by atoms with Crippen LogP contribution in [0.2, 0.25) is 0 Å². The Morgan fingerprint density at radius 2 is 1.95 bits per heavy atom. The van der Waals surface area contributed by atoms with Gasteiger partial charge >= 0.3 is 0 Å². The van der Waals surface area contributed by atoms with Crippen molar-refractivity contribution in [2.24, 2.45) is 5.73 Å². The fourth-order valence-corrected chi connectivity index (χ4v) is 1.58. The van der Waals surface area contributed by atoms with Crippen molar-refractivity contribution >= 4 is 18.3 Å². The molecule has 0 aliphatic heterocycles. The second-order valence-electron chi connectivity index (χ2n) is 4.88. The first-order valence-corrected chi connectivity index (χ1v) is 6.08. The maximum Gasteiger partial charge on any atom is 0.228 e. The highest BCUT2D eigenvalue weighted by atomic mass is 35.5. The van der Waals surface area contributed by atoms with Crippen LogP contribution in [-0.2, 0) is 9.53 Å². The molecule has 1 atom stereocenters. The smallest absolute Gasteiger partial charge is 0.228 e. The van der Waals surface area contributed by atoms with E-state index in [0.717, 1.165) is 5.56 Å². The molecule has 19 heavy (non-hydrogen) atoms. The van der Waals surface area contributed by atoms with Gasteiger partial charge in [-0.05, 0) is 19.4 Å². The monoisotopic (exact) mass is 286 g/mol. The highest BCUT2D eigenvalue weighted by Crippen LogP contribution is 2.14. The Balaban J connectivity index is 0.00000324. The Kier molecular flexibility index (Phi) is 7.68. The number of nitrogens with two attached hydrogens (primary N) is 1. The van der Waals surface area contributed by atoms with Crippen molar-refractivity contribution in [2.45, 2.75) is 25.4 Å². The van der Waals surface area contributed by atoms with E-state index in [9.17, 15) is 4.79 Å². The van der Waals surface area contributed by atoms with Crippen LogP contribution in [0, 0.1) is 0 Å². The predicted molar refractivity (Wildman–Crippen MR) is 79.6 cm³/mol. The fraction of sp³-hybridized carbons (Fsp3) is 0.500. The molecule has 0 aromatic heterocycles. The topological polar surface area (TPSA) is 64.3 Å². The van der Waals surface area contributed by atoms with Crippen molar-refractivity contribution in [2.75, 3.05) is 20.2 Å². The van der Waals surface area contributed by atoms with Crippen molar-refractivity contribution in [1.82, 2.24) is 5.32 Å². The Labute approximate surface area is 121 Å². The summed E-state index contributed by atoms with van der Waals surface area (Å²) in [5.74, 6) is -0.368. The van der Waals surface area contributed by atoms with Crippen molar-refractivity contribution in [3.63, 3.8) is 0 Å². The molecular weight excluding hydrogens is 264 g/mol. The average molecular weight is 287 g/mol. The lowest BCUT2D eigenvalue weighted by atomic mass is 9.98. The van der Waals surface area contributed by atoms with Crippen LogP contribution in [0.1, 0.15) is 25.3 Å². The van der Waals surface area contributed by atoms with Crippen LogP contribution >= 0.6 is 12.4 Å². The fourth-order valence-electron chi connectivity index (χ4n) is 1.58. The van der Waals surface area contributed by atoms with Crippen LogP contribution in [0.3, 0.4) is 0 Å². The third kappa shape index (κ3) is 5.59. The van der Waals surface area contributed by atoms with E-state index in [0.29, 0.717) is 13.1 Å². The van der Waals surface area contributed by atoms with Gasteiger partial charge in [-0.3, -0.25) is 4.79 Å². The minimum atomic E-state index is -0.370. The molecule has 0 radical (unpaired) electrons. The van der Waals surface area contributed by atoms with Gasteiger partial charge in [0.2, 0.25) is 5.91 Å². The average Bonchev–Trinajstić information content (AvgIpc) is 2.39. The summed E-state index contributed by atoms with van der Waals surface area (Å²) in [6.07, 6.45) is 0. The summed E-state index contributed by atoms with van der Waals surface area (Å²) in [7, 11) is 1.63. The number of methoxy groups -OCH3 is 1. The first-order valence-electron chi connectivity index (χ1n) is 6.08. The quantitative estimate of drug-likeness (QED) is 0.836.